The number of nitrogen functional groups attached to an aromatic ring is 1. The number of nitrogens with two attached hydrogens (primary N) is 2. The first-order chi connectivity index (χ1) is 11.1. The van der Waals surface area contributed by atoms with Crippen molar-refractivity contribution in [3.63, 3.8) is 0 Å². The minimum absolute atomic E-state index is 0.252. The van der Waals surface area contributed by atoms with Crippen molar-refractivity contribution in [1.82, 2.24) is 10.3 Å². The molecule has 6 heteroatoms. The standard InChI is InChI=1S/C17H24N4O2/c1-2-3-4-14(19)17-21-15(11-23-17)16(22)20-10-9-12-5-7-13(18)8-6-12/h5-8,11,14H,2-4,9-10,18-19H2,1H3,(H,20,22). The van der Waals surface area contributed by atoms with Crippen LogP contribution in [0.5, 0.6) is 0 Å². The Hall–Kier alpha value is -2.34. The monoisotopic (exact) mass is 316 g/mol. The van der Waals surface area contributed by atoms with Crippen molar-refractivity contribution in [2.24, 2.45) is 5.73 Å². The third kappa shape index (κ3) is 5.10. The average Bonchev–Trinajstić information content (AvgIpc) is 3.04. The number of unbranched alkanes of at least 4 members (excludes halogenated alkanes) is 1. The van der Waals surface area contributed by atoms with Crippen molar-refractivity contribution in [2.45, 2.75) is 38.6 Å². The summed E-state index contributed by atoms with van der Waals surface area (Å²) in [6, 6.07) is 7.33. The number of anilines is 1. The molecule has 23 heavy (non-hydrogen) atoms. The lowest BCUT2D eigenvalue weighted by Crippen LogP contribution is -2.26. The van der Waals surface area contributed by atoms with Crippen molar-refractivity contribution in [3.8, 4) is 0 Å². The van der Waals surface area contributed by atoms with Gasteiger partial charge in [-0.05, 0) is 30.5 Å². The third-order valence-electron chi connectivity index (χ3n) is 3.62. The Morgan fingerprint density at radius 1 is 1.35 bits per heavy atom. The number of hydrogen-bond acceptors (Lipinski definition) is 5. The Morgan fingerprint density at radius 3 is 2.78 bits per heavy atom. The van der Waals surface area contributed by atoms with Crippen LogP contribution in [0.2, 0.25) is 0 Å². The lowest BCUT2D eigenvalue weighted by atomic mass is 10.1. The van der Waals surface area contributed by atoms with E-state index >= 15 is 0 Å². The molecule has 0 bridgehead atoms. The highest BCUT2D eigenvalue weighted by molar-refractivity contribution is 5.91. The zero-order valence-corrected chi connectivity index (χ0v) is 13.4. The largest absolute Gasteiger partial charge is 0.446 e. The first kappa shape index (κ1) is 17.0. The van der Waals surface area contributed by atoms with E-state index in [-0.39, 0.29) is 17.6 Å². The van der Waals surface area contributed by atoms with Crippen molar-refractivity contribution in [2.75, 3.05) is 12.3 Å². The van der Waals surface area contributed by atoms with E-state index in [1.54, 1.807) is 0 Å². The summed E-state index contributed by atoms with van der Waals surface area (Å²) in [6.45, 7) is 2.62. The molecule has 124 valence electrons. The Kier molecular flexibility index (Phi) is 6.17. The van der Waals surface area contributed by atoms with Crippen LogP contribution in [0, 0.1) is 0 Å². The minimum Gasteiger partial charge on any atom is -0.446 e. The molecule has 0 aliphatic heterocycles. The number of rotatable bonds is 8. The van der Waals surface area contributed by atoms with Gasteiger partial charge in [0.2, 0.25) is 5.89 Å². The molecule has 0 aliphatic carbocycles. The Bertz CT molecular complexity index is 622. The van der Waals surface area contributed by atoms with Crippen LogP contribution in [0.25, 0.3) is 0 Å². The van der Waals surface area contributed by atoms with Crippen molar-refractivity contribution in [1.29, 1.82) is 0 Å². The molecule has 2 aromatic rings. The first-order valence-corrected chi connectivity index (χ1v) is 7.93. The van der Waals surface area contributed by atoms with Gasteiger partial charge in [0.05, 0.1) is 6.04 Å². The highest BCUT2D eigenvalue weighted by atomic mass is 16.3. The van der Waals surface area contributed by atoms with Crippen LogP contribution in [0.3, 0.4) is 0 Å². The smallest absolute Gasteiger partial charge is 0.273 e. The Balaban J connectivity index is 1.81. The summed E-state index contributed by atoms with van der Waals surface area (Å²) >= 11 is 0. The summed E-state index contributed by atoms with van der Waals surface area (Å²) < 4.78 is 5.31. The number of nitrogens with zero attached hydrogens (tertiary/aromatic N) is 1. The molecule has 1 aromatic heterocycles. The molecule has 1 unspecified atom stereocenters. The van der Waals surface area contributed by atoms with E-state index in [2.05, 4.69) is 17.2 Å². The first-order valence-electron chi connectivity index (χ1n) is 7.93. The predicted molar refractivity (Wildman–Crippen MR) is 89.8 cm³/mol. The van der Waals surface area contributed by atoms with Gasteiger partial charge in [0, 0.05) is 12.2 Å². The van der Waals surface area contributed by atoms with E-state index in [4.69, 9.17) is 15.9 Å². The maximum Gasteiger partial charge on any atom is 0.273 e. The van der Waals surface area contributed by atoms with E-state index in [1.807, 2.05) is 24.3 Å². The molecule has 2 rings (SSSR count). The van der Waals surface area contributed by atoms with Crippen LogP contribution in [0.1, 0.15) is 54.2 Å². The average molecular weight is 316 g/mol. The molecule has 0 saturated carbocycles. The number of oxazole rings is 1. The van der Waals surface area contributed by atoms with Crippen molar-refractivity contribution < 1.29 is 9.21 Å². The molecule has 0 saturated heterocycles. The van der Waals surface area contributed by atoms with Crippen LogP contribution in [-0.4, -0.2) is 17.4 Å². The lowest BCUT2D eigenvalue weighted by Gasteiger charge is -2.05. The van der Waals surface area contributed by atoms with Crippen LogP contribution in [0.4, 0.5) is 5.69 Å². The van der Waals surface area contributed by atoms with Gasteiger partial charge in [-0.1, -0.05) is 31.9 Å². The van der Waals surface area contributed by atoms with Crippen LogP contribution in [0.15, 0.2) is 34.9 Å². The molecule has 0 aliphatic rings. The summed E-state index contributed by atoms with van der Waals surface area (Å²) in [5.74, 6) is 0.167. The van der Waals surface area contributed by atoms with Gasteiger partial charge in [-0.15, -0.1) is 0 Å². The summed E-state index contributed by atoms with van der Waals surface area (Å²) in [6.07, 6.45) is 4.96. The molecule has 0 fully saturated rings. The maximum atomic E-state index is 12.0. The zero-order chi connectivity index (χ0) is 16.7. The van der Waals surface area contributed by atoms with Gasteiger partial charge < -0.3 is 21.2 Å². The highest BCUT2D eigenvalue weighted by Gasteiger charge is 2.16. The number of benzene rings is 1. The number of nitrogens with one attached hydrogen (secondary N) is 1. The lowest BCUT2D eigenvalue weighted by molar-refractivity contribution is 0.0949. The van der Waals surface area contributed by atoms with E-state index in [1.165, 1.54) is 6.26 Å². The zero-order valence-electron chi connectivity index (χ0n) is 13.4. The fourth-order valence-corrected chi connectivity index (χ4v) is 2.20. The van der Waals surface area contributed by atoms with Crippen molar-refractivity contribution in [3.05, 3.63) is 47.7 Å². The molecule has 1 atom stereocenters. The summed E-state index contributed by atoms with van der Waals surface area (Å²) in [4.78, 5) is 16.2. The highest BCUT2D eigenvalue weighted by Crippen LogP contribution is 2.16. The molecule has 0 spiro atoms. The van der Waals surface area contributed by atoms with E-state index in [9.17, 15) is 4.79 Å². The van der Waals surface area contributed by atoms with Crippen molar-refractivity contribution >= 4 is 11.6 Å². The van der Waals surface area contributed by atoms with Crippen LogP contribution in [-0.2, 0) is 6.42 Å². The normalized spacial score (nSPS) is 12.1. The predicted octanol–water partition coefficient (Wildman–Crippen LogP) is 2.42. The topological polar surface area (TPSA) is 107 Å². The van der Waals surface area contributed by atoms with E-state index in [0.717, 1.165) is 36.9 Å². The van der Waals surface area contributed by atoms with Gasteiger partial charge in [0.15, 0.2) is 5.69 Å². The van der Waals surface area contributed by atoms with Gasteiger partial charge in [-0.25, -0.2) is 4.98 Å². The van der Waals surface area contributed by atoms with E-state index in [0.29, 0.717) is 12.4 Å². The Labute approximate surface area is 136 Å². The number of carbonyl (C=O) groups excluding carboxylic acids is 1. The third-order valence-corrected chi connectivity index (χ3v) is 3.62. The minimum atomic E-state index is -0.258. The van der Waals surface area contributed by atoms with Gasteiger partial charge in [0.25, 0.3) is 5.91 Å². The Morgan fingerprint density at radius 2 is 2.09 bits per heavy atom. The molecule has 1 aromatic carbocycles. The fraction of sp³-hybridized carbons (Fsp3) is 0.412. The molecule has 5 N–H and O–H groups in total. The van der Waals surface area contributed by atoms with Gasteiger partial charge >= 0.3 is 0 Å². The van der Waals surface area contributed by atoms with Crippen LogP contribution >= 0.6 is 0 Å². The molecular weight excluding hydrogens is 292 g/mol. The second-order valence-corrected chi connectivity index (χ2v) is 5.57. The quantitative estimate of drug-likeness (QED) is 0.648. The number of carbonyl (C=O) groups is 1. The van der Waals surface area contributed by atoms with E-state index < -0.39 is 0 Å². The summed E-state index contributed by atoms with van der Waals surface area (Å²) in [5, 5.41) is 2.82. The number of hydrogen-bond donors (Lipinski definition) is 3. The number of amides is 1. The molecule has 1 amide bonds. The fourth-order valence-electron chi connectivity index (χ4n) is 2.20. The maximum absolute atomic E-state index is 12.0. The van der Waals surface area contributed by atoms with Gasteiger partial charge in [0.1, 0.15) is 6.26 Å². The SMILES string of the molecule is CCCCC(N)c1nc(C(=O)NCCc2ccc(N)cc2)co1. The molecule has 1 heterocycles. The van der Waals surface area contributed by atoms with Gasteiger partial charge in [-0.2, -0.15) is 0 Å². The number of aromatic nitrogens is 1. The summed E-state index contributed by atoms with van der Waals surface area (Å²) in [7, 11) is 0. The molecular formula is C17H24N4O2. The summed E-state index contributed by atoms with van der Waals surface area (Å²) in [5.41, 5.74) is 13.7. The second kappa shape index (κ2) is 8.33. The van der Waals surface area contributed by atoms with Crippen LogP contribution < -0.4 is 16.8 Å². The molecule has 6 nitrogen and oxygen atoms in total. The second-order valence-electron chi connectivity index (χ2n) is 5.57. The van der Waals surface area contributed by atoms with Gasteiger partial charge in [-0.3, -0.25) is 4.79 Å². The molecule has 0 radical (unpaired) electrons.